The van der Waals surface area contributed by atoms with Crippen molar-refractivity contribution in [3.05, 3.63) is 0 Å². The van der Waals surface area contributed by atoms with E-state index in [1.807, 2.05) is 0 Å². The summed E-state index contributed by atoms with van der Waals surface area (Å²) in [5.41, 5.74) is 0. The quantitative estimate of drug-likeness (QED) is 0.684. The first-order valence-corrected chi connectivity index (χ1v) is 3.61. The van der Waals surface area contributed by atoms with Gasteiger partial charge >= 0.3 is 0 Å². The Morgan fingerprint density at radius 1 is 1.27 bits per heavy atom. The molecule has 1 N–H and O–H groups in total. The number of nitrogens with one attached hydrogen (secondary N) is 1. The third kappa shape index (κ3) is 3.61. The second kappa shape index (κ2) is 6.06. The molecule has 0 amide bonds. The Morgan fingerprint density at radius 3 is 2.00 bits per heavy atom. The van der Waals surface area contributed by atoms with Crippen LogP contribution in [0, 0.1) is 0 Å². The Balaban J connectivity index is 0. The van der Waals surface area contributed by atoms with E-state index >= 15 is 0 Å². The predicted octanol–water partition coefficient (Wildman–Crippen LogP) is 1.14. The molecule has 1 saturated heterocycles. The summed E-state index contributed by atoms with van der Waals surface area (Å²) in [6.07, 6.45) is 1.30. The molecule has 0 spiro atoms. The molecule has 0 radical (unpaired) electrons. The topological polar surface area (TPSA) is 15.3 Å². The molecule has 0 unspecified atom stereocenters. The second-order valence-electron chi connectivity index (χ2n) is 3.06. The van der Waals surface area contributed by atoms with Crippen molar-refractivity contribution in [3.63, 3.8) is 0 Å². The van der Waals surface area contributed by atoms with Crippen molar-refractivity contribution in [2.75, 3.05) is 20.6 Å². The first kappa shape index (κ1) is 14.0. The SMILES string of the molecule is C[C@@H]1NCC[C@@H]1N(C)C.Cl.Cl. The molecule has 0 bridgehead atoms. The van der Waals surface area contributed by atoms with Gasteiger partial charge in [-0.3, -0.25) is 0 Å². The van der Waals surface area contributed by atoms with Gasteiger partial charge in [-0.25, -0.2) is 0 Å². The Labute approximate surface area is 81.5 Å². The standard InChI is InChI=1S/C7H16N2.2ClH/c1-6-7(9(2)3)4-5-8-6;;/h6-8H,4-5H2,1-3H3;2*1H/t6-,7-;;/m0../s1. The normalized spacial score (nSPS) is 29.5. The molecule has 1 heterocycles. The van der Waals surface area contributed by atoms with E-state index < -0.39 is 0 Å². The average molecular weight is 201 g/mol. The molecule has 0 aromatic carbocycles. The van der Waals surface area contributed by atoms with Gasteiger partial charge in [0, 0.05) is 12.1 Å². The van der Waals surface area contributed by atoms with Crippen LogP contribution >= 0.6 is 24.8 Å². The summed E-state index contributed by atoms with van der Waals surface area (Å²) in [7, 11) is 4.29. The average Bonchev–Trinajstić information content (AvgIpc) is 2.13. The lowest BCUT2D eigenvalue weighted by Crippen LogP contribution is -2.37. The number of nitrogens with zero attached hydrogens (tertiary/aromatic N) is 1. The minimum atomic E-state index is 0. The van der Waals surface area contributed by atoms with Gasteiger partial charge in [-0.2, -0.15) is 0 Å². The predicted molar refractivity (Wildman–Crippen MR) is 54.1 cm³/mol. The van der Waals surface area contributed by atoms with Gasteiger partial charge in [-0.15, -0.1) is 24.8 Å². The Hall–Kier alpha value is 0.500. The fraction of sp³-hybridized carbons (Fsp3) is 1.00. The van der Waals surface area contributed by atoms with E-state index in [4.69, 9.17) is 0 Å². The van der Waals surface area contributed by atoms with Crippen LogP contribution in [-0.4, -0.2) is 37.6 Å². The van der Waals surface area contributed by atoms with Gasteiger partial charge in [0.15, 0.2) is 0 Å². The Bertz CT molecular complexity index is 98.4. The largest absolute Gasteiger partial charge is 0.313 e. The van der Waals surface area contributed by atoms with Crippen LogP contribution in [0.2, 0.25) is 0 Å². The minimum Gasteiger partial charge on any atom is -0.313 e. The van der Waals surface area contributed by atoms with Gasteiger partial charge in [-0.05, 0) is 34.0 Å². The molecule has 4 heteroatoms. The molecule has 11 heavy (non-hydrogen) atoms. The maximum absolute atomic E-state index is 3.41. The summed E-state index contributed by atoms with van der Waals surface area (Å²) in [6.45, 7) is 3.43. The Morgan fingerprint density at radius 2 is 1.82 bits per heavy atom. The van der Waals surface area contributed by atoms with Crippen molar-refractivity contribution >= 4 is 24.8 Å². The molecule has 0 aromatic heterocycles. The number of likely N-dealkylation sites (N-methyl/N-ethyl adjacent to an activating group) is 1. The fourth-order valence-corrected chi connectivity index (χ4v) is 1.55. The molecule has 1 fully saturated rings. The van der Waals surface area contributed by atoms with Crippen LogP contribution < -0.4 is 5.32 Å². The maximum atomic E-state index is 3.41. The zero-order chi connectivity index (χ0) is 6.85. The van der Waals surface area contributed by atoms with Gasteiger partial charge in [0.1, 0.15) is 0 Å². The fourth-order valence-electron chi connectivity index (χ4n) is 1.55. The van der Waals surface area contributed by atoms with Gasteiger partial charge < -0.3 is 10.2 Å². The number of rotatable bonds is 1. The summed E-state index contributed by atoms with van der Waals surface area (Å²) in [5, 5.41) is 3.41. The third-order valence-electron chi connectivity index (χ3n) is 2.15. The minimum absolute atomic E-state index is 0. The van der Waals surface area contributed by atoms with Crippen molar-refractivity contribution in [1.82, 2.24) is 10.2 Å². The van der Waals surface area contributed by atoms with Crippen LogP contribution in [0.3, 0.4) is 0 Å². The molecular formula is C7H18Cl2N2. The van der Waals surface area contributed by atoms with E-state index in [-0.39, 0.29) is 24.8 Å². The van der Waals surface area contributed by atoms with E-state index in [0.29, 0.717) is 6.04 Å². The lowest BCUT2D eigenvalue weighted by molar-refractivity contribution is 0.277. The molecule has 2 atom stereocenters. The molecule has 0 aromatic rings. The van der Waals surface area contributed by atoms with Gasteiger partial charge in [0.25, 0.3) is 0 Å². The van der Waals surface area contributed by atoms with E-state index in [1.54, 1.807) is 0 Å². The first-order chi connectivity index (χ1) is 4.22. The first-order valence-electron chi connectivity index (χ1n) is 3.61. The van der Waals surface area contributed by atoms with E-state index in [1.165, 1.54) is 13.0 Å². The van der Waals surface area contributed by atoms with Gasteiger partial charge in [-0.1, -0.05) is 0 Å². The highest BCUT2D eigenvalue weighted by Crippen LogP contribution is 2.10. The van der Waals surface area contributed by atoms with Crippen LogP contribution in [-0.2, 0) is 0 Å². The smallest absolute Gasteiger partial charge is 0.0252 e. The molecule has 70 valence electrons. The molecule has 1 rings (SSSR count). The lowest BCUT2D eigenvalue weighted by Gasteiger charge is -2.22. The van der Waals surface area contributed by atoms with E-state index in [9.17, 15) is 0 Å². The summed E-state index contributed by atoms with van der Waals surface area (Å²) < 4.78 is 0. The van der Waals surface area contributed by atoms with Crippen molar-refractivity contribution < 1.29 is 0 Å². The van der Waals surface area contributed by atoms with E-state index in [2.05, 4.69) is 31.2 Å². The summed E-state index contributed by atoms with van der Waals surface area (Å²) in [6, 6.07) is 1.44. The molecule has 1 aliphatic rings. The van der Waals surface area contributed by atoms with Crippen molar-refractivity contribution in [2.45, 2.75) is 25.4 Å². The van der Waals surface area contributed by atoms with Crippen molar-refractivity contribution in [2.24, 2.45) is 0 Å². The number of hydrogen-bond acceptors (Lipinski definition) is 2. The maximum Gasteiger partial charge on any atom is 0.0252 e. The van der Waals surface area contributed by atoms with Crippen LogP contribution in [0.4, 0.5) is 0 Å². The number of hydrogen-bond donors (Lipinski definition) is 1. The zero-order valence-electron chi connectivity index (χ0n) is 7.33. The van der Waals surface area contributed by atoms with Crippen LogP contribution in [0.25, 0.3) is 0 Å². The molecular weight excluding hydrogens is 183 g/mol. The van der Waals surface area contributed by atoms with Crippen LogP contribution in [0.5, 0.6) is 0 Å². The third-order valence-corrected chi connectivity index (χ3v) is 2.15. The van der Waals surface area contributed by atoms with Gasteiger partial charge in [0.2, 0.25) is 0 Å². The monoisotopic (exact) mass is 200 g/mol. The van der Waals surface area contributed by atoms with Crippen molar-refractivity contribution in [1.29, 1.82) is 0 Å². The summed E-state index contributed by atoms with van der Waals surface area (Å²) in [5.74, 6) is 0. The Kier molecular flexibility index (Phi) is 7.75. The van der Waals surface area contributed by atoms with Gasteiger partial charge in [0.05, 0.1) is 0 Å². The van der Waals surface area contributed by atoms with Crippen molar-refractivity contribution in [3.8, 4) is 0 Å². The van der Waals surface area contributed by atoms with Crippen LogP contribution in [0.15, 0.2) is 0 Å². The zero-order valence-corrected chi connectivity index (χ0v) is 8.97. The van der Waals surface area contributed by atoms with Crippen LogP contribution in [0.1, 0.15) is 13.3 Å². The second-order valence-corrected chi connectivity index (χ2v) is 3.06. The number of halogens is 2. The molecule has 0 saturated carbocycles. The molecule has 0 aliphatic carbocycles. The highest BCUT2D eigenvalue weighted by Gasteiger charge is 2.23. The van der Waals surface area contributed by atoms with E-state index in [0.717, 1.165) is 6.04 Å². The molecule has 2 nitrogen and oxygen atoms in total. The highest BCUT2D eigenvalue weighted by atomic mass is 35.5. The molecule has 1 aliphatic heterocycles. The highest BCUT2D eigenvalue weighted by molar-refractivity contribution is 5.85. The summed E-state index contributed by atoms with van der Waals surface area (Å²) >= 11 is 0. The summed E-state index contributed by atoms with van der Waals surface area (Å²) in [4.78, 5) is 2.30. The lowest BCUT2D eigenvalue weighted by atomic mass is 10.1.